The summed E-state index contributed by atoms with van der Waals surface area (Å²) in [6.07, 6.45) is 0. The molecule has 4 heteroatoms. The van der Waals surface area contributed by atoms with Gasteiger partial charge in [0.2, 0.25) is 0 Å². The highest BCUT2D eigenvalue weighted by atomic mass is 79.9. The molecule has 0 N–H and O–H groups in total. The number of methoxy groups -OCH3 is 1. The minimum absolute atomic E-state index is 0.893. The standard InChI is InChI=1S/C11H9BrOS2/c1-13-8-2-4-9(5-3-8)15-11-10(12)6-7-14-11/h2-7H,1H3. The van der Waals surface area contributed by atoms with Crippen LogP contribution in [-0.4, -0.2) is 7.11 Å². The topological polar surface area (TPSA) is 9.23 Å². The fraction of sp³-hybridized carbons (Fsp3) is 0.0909. The quantitative estimate of drug-likeness (QED) is 0.814. The van der Waals surface area contributed by atoms with Gasteiger partial charge >= 0.3 is 0 Å². The molecule has 0 aliphatic carbocycles. The van der Waals surface area contributed by atoms with Gasteiger partial charge in [0.05, 0.1) is 11.3 Å². The molecule has 78 valence electrons. The summed E-state index contributed by atoms with van der Waals surface area (Å²) in [5.41, 5.74) is 0. The Morgan fingerprint density at radius 3 is 2.47 bits per heavy atom. The number of rotatable bonds is 3. The van der Waals surface area contributed by atoms with Gasteiger partial charge in [-0.15, -0.1) is 11.3 Å². The number of benzene rings is 1. The smallest absolute Gasteiger partial charge is 0.118 e. The van der Waals surface area contributed by atoms with E-state index < -0.39 is 0 Å². The van der Waals surface area contributed by atoms with Crippen molar-refractivity contribution in [2.75, 3.05) is 7.11 Å². The Morgan fingerprint density at radius 2 is 1.93 bits per heavy atom. The van der Waals surface area contributed by atoms with Crippen molar-refractivity contribution in [1.29, 1.82) is 0 Å². The highest BCUT2D eigenvalue weighted by Gasteiger charge is 2.03. The van der Waals surface area contributed by atoms with E-state index in [0.29, 0.717) is 0 Å². The van der Waals surface area contributed by atoms with Crippen LogP contribution in [0.4, 0.5) is 0 Å². The predicted molar refractivity (Wildman–Crippen MR) is 69.1 cm³/mol. The zero-order valence-corrected chi connectivity index (χ0v) is 11.3. The molecule has 1 aromatic carbocycles. The van der Waals surface area contributed by atoms with Crippen LogP contribution in [0.1, 0.15) is 0 Å². The summed E-state index contributed by atoms with van der Waals surface area (Å²) < 4.78 is 7.55. The van der Waals surface area contributed by atoms with Crippen molar-refractivity contribution in [2.45, 2.75) is 9.10 Å². The number of ether oxygens (including phenoxy) is 1. The second kappa shape index (κ2) is 5.05. The minimum atomic E-state index is 0.893. The first-order chi connectivity index (χ1) is 7.29. The largest absolute Gasteiger partial charge is 0.497 e. The third-order valence-electron chi connectivity index (χ3n) is 1.85. The van der Waals surface area contributed by atoms with Crippen LogP contribution in [0.5, 0.6) is 5.75 Å². The highest BCUT2D eigenvalue weighted by Crippen LogP contribution is 2.37. The summed E-state index contributed by atoms with van der Waals surface area (Å²) in [6.45, 7) is 0. The van der Waals surface area contributed by atoms with Gasteiger partial charge in [0.15, 0.2) is 0 Å². The third-order valence-corrected chi connectivity index (χ3v) is 5.20. The van der Waals surface area contributed by atoms with E-state index in [-0.39, 0.29) is 0 Å². The van der Waals surface area contributed by atoms with Crippen molar-refractivity contribution in [2.24, 2.45) is 0 Å². The summed E-state index contributed by atoms with van der Waals surface area (Å²) in [4.78, 5) is 1.22. The van der Waals surface area contributed by atoms with Gasteiger partial charge < -0.3 is 4.74 Å². The number of thiophene rings is 1. The summed E-state index contributed by atoms with van der Waals surface area (Å²) >= 11 is 7.01. The zero-order valence-electron chi connectivity index (χ0n) is 8.07. The van der Waals surface area contributed by atoms with Crippen molar-refractivity contribution in [3.63, 3.8) is 0 Å². The number of halogens is 1. The van der Waals surface area contributed by atoms with E-state index in [9.17, 15) is 0 Å². The lowest BCUT2D eigenvalue weighted by Gasteiger charge is -2.02. The van der Waals surface area contributed by atoms with Gasteiger partial charge in [-0.25, -0.2) is 0 Å². The fourth-order valence-electron chi connectivity index (χ4n) is 1.10. The number of hydrogen-bond acceptors (Lipinski definition) is 3. The normalized spacial score (nSPS) is 10.3. The van der Waals surface area contributed by atoms with Crippen LogP contribution < -0.4 is 4.74 Å². The van der Waals surface area contributed by atoms with Crippen LogP contribution in [0.3, 0.4) is 0 Å². The van der Waals surface area contributed by atoms with Gasteiger partial charge in [0.1, 0.15) is 5.75 Å². The molecule has 0 unspecified atom stereocenters. The van der Waals surface area contributed by atoms with Crippen LogP contribution in [0, 0.1) is 0 Å². The molecule has 1 nitrogen and oxygen atoms in total. The maximum absolute atomic E-state index is 5.11. The van der Waals surface area contributed by atoms with E-state index in [1.165, 1.54) is 9.10 Å². The molecule has 2 rings (SSSR count). The van der Waals surface area contributed by atoms with Gasteiger partial charge in [-0.3, -0.25) is 0 Å². The molecule has 0 saturated heterocycles. The molecule has 0 spiro atoms. The van der Waals surface area contributed by atoms with Gasteiger partial charge in [0.25, 0.3) is 0 Å². The molecule has 0 fully saturated rings. The summed E-state index contributed by atoms with van der Waals surface area (Å²) in [5, 5.41) is 2.08. The first-order valence-electron chi connectivity index (χ1n) is 4.34. The molecule has 0 radical (unpaired) electrons. The summed E-state index contributed by atoms with van der Waals surface area (Å²) in [5.74, 6) is 0.893. The molecule has 2 aromatic rings. The van der Waals surface area contributed by atoms with Gasteiger partial charge in [-0.1, -0.05) is 11.8 Å². The molecule has 0 saturated carbocycles. The zero-order chi connectivity index (χ0) is 10.7. The van der Waals surface area contributed by atoms with E-state index in [1.54, 1.807) is 30.2 Å². The lowest BCUT2D eigenvalue weighted by Crippen LogP contribution is -1.80. The molecule has 0 amide bonds. The molecule has 0 bridgehead atoms. The lowest BCUT2D eigenvalue weighted by molar-refractivity contribution is 0.414. The van der Waals surface area contributed by atoms with Crippen LogP contribution >= 0.6 is 39.0 Å². The Balaban J connectivity index is 2.14. The van der Waals surface area contributed by atoms with E-state index >= 15 is 0 Å². The Labute approximate surface area is 106 Å². The molecule has 15 heavy (non-hydrogen) atoms. The third kappa shape index (κ3) is 2.77. The van der Waals surface area contributed by atoms with Crippen molar-refractivity contribution < 1.29 is 4.74 Å². The first-order valence-corrected chi connectivity index (χ1v) is 6.83. The maximum Gasteiger partial charge on any atom is 0.118 e. The van der Waals surface area contributed by atoms with Crippen molar-refractivity contribution >= 4 is 39.0 Å². The molecular weight excluding hydrogens is 292 g/mol. The van der Waals surface area contributed by atoms with Crippen LogP contribution in [0.15, 0.2) is 49.3 Å². The summed E-state index contributed by atoms with van der Waals surface area (Å²) in [7, 11) is 1.68. The molecule has 1 heterocycles. The average molecular weight is 301 g/mol. The Hall–Kier alpha value is -0.450. The second-order valence-electron chi connectivity index (χ2n) is 2.83. The first kappa shape index (κ1) is 11.0. The van der Waals surface area contributed by atoms with E-state index in [2.05, 4.69) is 39.5 Å². The SMILES string of the molecule is COc1ccc(Sc2sccc2Br)cc1. The number of hydrogen-bond donors (Lipinski definition) is 0. The van der Waals surface area contributed by atoms with Crippen molar-refractivity contribution in [3.05, 3.63) is 40.2 Å². The van der Waals surface area contributed by atoms with Crippen LogP contribution in [-0.2, 0) is 0 Å². The summed E-state index contributed by atoms with van der Waals surface area (Å²) in [6, 6.07) is 10.1. The van der Waals surface area contributed by atoms with Crippen LogP contribution in [0.2, 0.25) is 0 Å². The molecule has 1 aromatic heterocycles. The van der Waals surface area contributed by atoms with Gasteiger partial charge in [-0.05, 0) is 51.6 Å². The Kier molecular flexibility index (Phi) is 3.72. The molecule has 0 aliphatic rings. The monoisotopic (exact) mass is 300 g/mol. The Morgan fingerprint density at radius 1 is 1.20 bits per heavy atom. The maximum atomic E-state index is 5.11. The van der Waals surface area contributed by atoms with E-state index in [0.717, 1.165) is 10.2 Å². The highest BCUT2D eigenvalue weighted by molar-refractivity contribution is 9.10. The van der Waals surface area contributed by atoms with Crippen LogP contribution in [0.25, 0.3) is 0 Å². The molecule has 0 atom stereocenters. The minimum Gasteiger partial charge on any atom is -0.497 e. The van der Waals surface area contributed by atoms with E-state index in [1.807, 2.05) is 12.1 Å². The lowest BCUT2D eigenvalue weighted by atomic mass is 10.3. The molecule has 0 aliphatic heterocycles. The van der Waals surface area contributed by atoms with Gasteiger partial charge in [0, 0.05) is 9.37 Å². The average Bonchev–Trinajstić information content (AvgIpc) is 2.66. The molecular formula is C11H9BrOS2. The Bertz CT molecular complexity index is 436. The fourth-order valence-corrected chi connectivity index (χ4v) is 3.74. The van der Waals surface area contributed by atoms with E-state index in [4.69, 9.17) is 4.74 Å². The van der Waals surface area contributed by atoms with Crippen molar-refractivity contribution in [3.8, 4) is 5.75 Å². The van der Waals surface area contributed by atoms with Crippen molar-refractivity contribution in [1.82, 2.24) is 0 Å². The second-order valence-corrected chi connectivity index (χ2v) is 5.95. The predicted octanol–water partition coefficient (Wildman–Crippen LogP) is 4.67. The van der Waals surface area contributed by atoms with Gasteiger partial charge in [-0.2, -0.15) is 0 Å².